The first kappa shape index (κ1) is 13.6. The van der Waals surface area contributed by atoms with Gasteiger partial charge in [-0.2, -0.15) is 5.10 Å². The summed E-state index contributed by atoms with van der Waals surface area (Å²) >= 11 is 5.84. The van der Waals surface area contributed by atoms with Crippen molar-refractivity contribution in [2.24, 2.45) is 0 Å². The standard InChI is InChI=1S/C14H16ClN3O/c1-10(2)17(3)14(19)11-8-16-18(9-11)13-6-4-12(15)5-7-13/h4-10H,1-3H3. The molecule has 0 aliphatic rings. The van der Waals surface area contributed by atoms with Gasteiger partial charge in [-0.1, -0.05) is 11.6 Å². The predicted octanol–water partition coefficient (Wildman–Crippen LogP) is 3.01. The second kappa shape index (κ2) is 5.45. The van der Waals surface area contributed by atoms with Crippen LogP contribution >= 0.6 is 11.6 Å². The molecule has 2 aromatic rings. The number of carbonyl (C=O) groups excluding carboxylic acids is 1. The van der Waals surface area contributed by atoms with Crippen LogP contribution in [-0.4, -0.2) is 33.7 Å². The van der Waals surface area contributed by atoms with Crippen molar-refractivity contribution in [3.63, 3.8) is 0 Å². The van der Waals surface area contributed by atoms with Crippen molar-refractivity contribution in [1.29, 1.82) is 0 Å². The summed E-state index contributed by atoms with van der Waals surface area (Å²) in [6.45, 7) is 3.95. The minimum Gasteiger partial charge on any atom is -0.339 e. The van der Waals surface area contributed by atoms with Crippen molar-refractivity contribution in [2.75, 3.05) is 7.05 Å². The highest BCUT2D eigenvalue weighted by Crippen LogP contribution is 2.14. The number of rotatable bonds is 3. The highest BCUT2D eigenvalue weighted by Gasteiger charge is 2.16. The molecule has 4 nitrogen and oxygen atoms in total. The number of carbonyl (C=O) groups is 1. The fourth-order valence-corrected chi connectivity index (χ4v) is 1.73. The van der Waals surface area contributed by atoms with E-state index >= 15 is 0 Å². The fraction of sp³-hybridized carbons (Fsp3) is 0.286. The summed E-state index contributed by atoms with van der Waals surface area (Å²) in [5.74, 6) is -0.0322. The van der Waals surface area contributed by atoms with Gasteiger partial charge in [0.05, 0.1) is 17.4 Å². The Bertz CT molecular complexity index is 575. The lowest BCUT2D eigenvalue weighted by Gasteiger charge is -2.20. The van der Waals surface area contributed by atoms with E-state index in [-0.39, 0.29) is 11.9 Å². The van der Waals surface area contributed by atoms with Crippen molar-refractivity contribution in [2.45, 2.75) is 19.9 Å². The third kappa shape index (κ3) is 2.96. The molecule has 0 atom stereocenters. The van der Waals surface area contributed by atoms with Crippen LogP contribution in [0, 0.1) is 0 Å². The Balaban J connectivity index is 2.24. The first-order chi connectivity index (χ1) is 8.99. The molecule has 1 aromatic heterocycles. The van der Waals surface area contributed by atoms with Crippen LogP contribution in [0.15, 0.2) is 36.7 Å². The minimum absolute atomic E-state index is 0.0322. The monoisotopic (exact) mass is 277 g/mol. The van der Waals surface area contributed by atoms with Gasteiger partial charge in [-0.15, -0.1) is 0 Å². The lowest BCUT2D eigenvalue weighted by atomic mass is 10.2. The first-order valence-corrected chi connectivity index (χ1v) is 6.44. The zero-order valence-corrected chi connectivity index (χ0v) is 11.9. The molecule has 0 saturated carbocycles. The number of hydrogen-bond acceptors (Lipinski definition) is 2. The van der Waals surface area contributed by atoms with E-state index in [9.17, 15) is 4.79 Å². The average Bonchev–Trinajstić information content (AvgIpc) is 2.87. The molecular formula is C14H16ClN3O. The summed E-state index contributed by atoms with van der Waals surface area (Å²) in [5, 5.41) is 4.88. The van der Waals surface area contributed by atoms with Gasteiger partial charge in [0, 0.05) is 24.3 Å². The molecule has 2 rings (SSSR count). The van der Waals surface area contributed by atoms with E-state index in [0.717, 1.165) is 5.69 Å². The van der Waals surface area contributed by atoms with Gasteiger partial charge in [0.15, 0.2) is 0 Å². The normalized spacial score (nSPS) is 10.8. The maximum Gasteiger partial charge on any atom is 0.257 e. The summed E-state index contributed by atoms with van der Waals surface area (Å²) in [4.78, 5) is 13.8. The van der Waals surface area contributed by atoms with Crippen LogP contribution in [0.1, 0.15) is 24.2 Å². The van der Waals surface area contributed by atoms with Crippen LogP contribution in [-0.2, 0) is 0 Å². The van der Waals surface area contributed by atoms with E-state index in [2.05, 4.69) is 5.10 Å². The SMILES string of the molecule is CC(C)N(C)C(=O)c1cnn(-c2ccc(Cl)cc2)c1. The Morgan fingerprint density at radius 3 is 2.53 bits per heavy atom. The molecule has 0 fully saturated rings. The molecule has 0 bridgehead atoms. The van der Waals surface area contributed by atoms with Crippen molar-refractivity contribution in [1.82, 2.24) is 14.7 Å². The number of halogens is 1. The topological polar surface area (TPSA) is 38.1 Å². The second-order valence-corrected chi connectivity index (χ2v) is 5.10. The number of nitrogens with zero attached hydrogens (tertiary/aromatic N) is 3. The van der Waals surface area contributed by atoms with Gasteiger partial charge >= 0.3 is 0 Å². The first-order valence-electron chi connectivity index (χ1n) is 6.07. The highest BCUT2D eigenvalue weighted by molar-refractivity contribution is 6.30. The predicted molar refractivity (Wildman–Crippen MR) is 75.8 cm³/mol. The third-order valence-electron chi connectivity index (χ3n) is 3.02. The van der Waals surface area contributed by atoms with E-state index in [4.69, 9.17) is 11.6 Å². The number of amides is 1. The molecule has 0 radical (unpaired) electrons. The van der Waals surface area contributed by atoms with Gasteiger partial charge in [-0.3, -0.25) is 4.79 Å². The van der Waals surface area contributed by atoms with Gasteiger partial charge in [0.2, 0.25) is 0 Å². The molecule has 0 spiro atoms. The maximum absolute atomic E-state index is 12.1. The zero-order chi connectivity index (χ0) is 14.0. The summed E-state index contributed by atoms with van der Waals surface area (Å²) in [6.07, 6.45) is 3.31. The second-order valence-electron chi connectivity index (χ2n) is 4.66. The Morgan fingerprint density at radius 2 is 1.95 bits per heavy atom. The van der Waals surface area contributed by atoms with Crippen LogP contribution in [0.4, 0.5) is 0 Å². The van der Waals surface area contributed by atoms with E-state index in [1.807, 2.05) is 26.0 Å². The lowest BCUT2D eigenvalue weighted by Crippen LogP contribution is -2.32. The van der Waals surface area contributed by atoms with Crippen LogP contribution in [0.2, 0.25) is 5.02 Å². The van der Waals surface area contributed by atoms with E-state index in [0.29, 0.717) is 10.6 Å². The third-order valence-corrected chi connectivity index (χ3v) is 3.27. The quantitative estimate of drug-likeness (QED) is 0.865. The molecule has 1 aromatic carbocycles. The summed E-state index contributed by atoms with van der Waals surface area (Å²) < 4.78 is 1.66. The molecule has 1 amide bonds. The van der Waals surface area contributed by atoms with E-state index in [1.165, 1.54) is 0 Å². The van der Waals surface area contributed by atoms with Gasteiger partial charge in [0.25, 0.3) is 5.91 Å². The number of aromatic nitrogens is 2. The molecule has 0 N–H and O–H groups in total. The molecule has 0 aliphatic carbocycles. The van der Waals surface area contributed by atoms with Crippen molar-refractivity contribution in [3.8, 4) is 5.69 Å². The van der Waals surface area contributed by atoms with Crippen LogP contribution in [0.3, 0.4) is 0 Å². The summed E-state index contributed by atoms with van der Waals surface area (Å²) in [5.41, 5.74) is 1.45. The summed E-state index contributed by atoms with van der Waals surface area (Å²) in [6, 6.07) is 7.46. The largest absolute Gasteiger partial charge is 0.339 e. The molecule has 1 heterocycles. The smallest absolute Gasteiger partial charge is 0.257 e. The average molecular weight is 278 g/mol. The van der Waals surface area contributed by atoms with Crippen LogP contribution in [0.25, 0.3) is 5.69 Å². The van der Waals surface area contributed by atoms with Crippen LogP contribution < -0.4 is 0 Å². The Hall–Kier alpha value is -1.81. The van der Waals surface area contributed by atoms with Gasteiger partial charge in [-0.05, 0) is 38.1 Å². The van der Waals surface area contributed by atoms with Crippen molar-refractivity contribution >= 4 is 17.5 Å². The Labute approximate surface area is 117 Å². The summed E-state index contributed by atoms with van der Waals surface area (Å²) in [7, 11) is 1.78. The number of benzene rings is 1. The molecule has 0 unspecified atom stereocenters. The van der Waals surface area contributed by atoms with Crippen molar-refractivity contribution < 1.29 is 4.79 Å². The molecular weight excluding hydrogens is 262 g/mol. The highest BCUT2D eigenvalue weighted by atomic mass is 35.5. The zero-order valence-electron chi connectivity index (χ0n) is 11.2. The van der Waals surface area contributed by atoms with E-state index < -0.39 is 0 Å². The minimum atomic E-state index is -0.0322. The lowest BCUT2D eigenvalue weighted by molar-refractivity contribution is 0.0755. The molecule has 5 heteroatoms. The van der Waals surface area contributed by atoms with Gasteiger partial charge < -0.3 is 4.90 Å². The van der Waals surface area contributed by atoms with E-state index in [1.54, 1.807) is 41.2 Å². The van der Waals surface area contributed by atoms with Gasteiger partial charge in [0.1, 0.15) is 0 Å². The van der Waals surface area contributed by atoms with Gasteiger partial charge in [-0.25, -0.2) is 4.68 Å². The molecule has 0 aliphatic heterocycles. The molecule has 100 valence electrons. The number of hydrogen-bond donors (Lipinski definition) is 0. The Morgan fingerprint density at radius 1 is 1.32 bits per heavy atom. The molecule has 0 saturated heterocycles. The fourth-order valence-electron chi connectivity index (χ4n) is 1.61. The van der Waals surface area contributed by atoms with Crippen LogP contribution in [0.5, 0.6) is 0 Å². The maximum atomic E-state index is 12.1. The Kier molecular flexibility index (Phi) is 3.90. The van der Waals surface area contributed by atoms with Crippen molar-refractivity contribution in [3.05, 3.63) is 47.2 Å². The molecule has 19 heavy (non-hydrogen) atoms.